The van der Waals surface area contributed by atoms with Gasteiger partial charge < -0.3 is 22.4 Å². The summed E-state index contributed by atoms with van der Waals surface area (Å²) in [5, 5.41) is 8.68. The van der Waals surface area contributed by atoms with Gasteiger partial charge in [0.2, 0.25) is 0 Å². The zero-order valence-corrected chi connectivity index (χ0v) is 6.31. The molecular weight excluding hydrogens is 126 g/mol. The number of hydrogen-bond acceptors (Lipinski definition) is 2. The van der Waals surface area contributed by atoms with Crippen LogP contribution in [0.3, 0.4) is 0 Å². The van der Waals surface area contributed by atoms with E-state index in [1.807, 2.05) is 19.0 Å². The van der Waals surface area contributed by atoms with Gasteiger partial charge in [-0.05, 0) is 21.0 Å². The fourth-order valence-corrected chi connectivity index (χ4v) is 0.528. The van der Waals surface area contributed by atoms with Crippen LogP contribution in [0.5, 0.6) is 0 Å². The minimum absolute atomic E-state index is 0. The first-order valence-electron chi connectivity index (χ1n) is 2.45. The van der Waals surface area contributed by atoms with Crippen molar-refractivity contribution in [2.75, 3.05) is 20.6 Å². The summed E-state index contributed by atoms with van der Waals surface area (Å²) in [6.07, 6.45) is -0.199. The molecule has 2 nitrogen and oxygen atoms in total. The van der Waals surface area contributed by atoms with E-state index in [0.717, 1.165) is 6.54 Å². The zero-order chi connectivity index (χ0) is 5.86. The van der Waals surface area contributed by atoms with Gasteiger partial charge >= 0.3 is 0 Å². The first kappa shape index (κ1) is 11.1. The maximum Gasteiger partial charge on any atom is 0.0638 e. The number of hydrogen-bond donors (Lipinski definition) is 1. The Bertz CT molecular complexity index is 41.7. The Morgan fingerprint density at radius 1 is 1.50 bits per heavy atom. The predicted molar refractivity (Wildman–Crippen MR) is 30.2 cm³/mol. The molecule has 0 fully saturated rings. The molecule has 0 aromatic carbocycles. The van der Waals surface area contributed by atoms with E-state index in [-0.39, 0.29) is 18.5 Å². The fraction of sp³-hybridized carbons (Fsp3) is 1.00. The van der Waals surface area contributed by atoms with Crippen molar-refractivity contribution in [2.45, 2.75) is 13.0 Å². The highest BCUT2D eigenvalue weighted by atomic mass is 35.5. The maximum atomic E-state index is 8.68. The predicted octanol–water partition coefficient (Wildman–Crippen LogP) is -3.07. The maximum absolute atomic E-state index is 8.68. The van der Waals surface area contributed by atoms with Crippen LogP contribution < -0.4 is 12.4 Å². The van der Waals surface area contributed by atoms with Gasteiger partial charge in [-0.2, -0.15) is 0 Å². The first-order valence-corrected chi connectivity index (χ1v) is 2.45. The van der Waals surface area contributed by atoms with Gasteiger partial charge in [-0.25, -0.2) is 0 Å². The number of likely N-dealkylation sites (N-methyl/N-ethyl adjacent to an activating group) is 1. The van der Waals surface area contributed by atoms with E-state index in [9.17, 15) is 0 Å². The van der Waals surface area contributed by atoms with E-state index in [4.69, 9.17) is 5.11 Å². The zero-order valence-electron chi connectivity index (χ0n) is 5.56. The standard InChI is InChI=1S/C5H13NO.ClH/c1-5(7)4-6(2)3;/h5,7H,4H2,1-3H3;1H/p-1. The van der Waals surface area contributed by atoms with E-state index in [1.54, 1.807) is 6.92 Å². The minimum atomic E-state index is -0.199. The largest absolute Gasteiger partial charge is 1.00 e. The molecule has 0 saturated carbocycles. The number of rotatable bonds is 2. The summed E-state index contributed by atoms with van der Waals surface area (Å²) in [4.78, 5) is 1.95. The molecule has 0 aliphatic carbocycles. The fourth-order valence-electron chi connectivity index (χ4n) is 0.528. The van der Waals surface area contributed by atoms with E-state index < -0.39 is 0 Å². The Hall–Kier alpha value is 0.210. The molecule has 52 valence electrons. The molecule has 1 atom stereocenters. The molecule has 3 heteroatoms. The second-order valence-electron chi connectivity index (χ2n) is 2.11. The van der Waals surface area contributed by atoms with Crippen LogP contribution in [0.25, 0.3) is 0 Å². The third kappa shape index (κ3) is 9.51. The molecule has 0 aliphatic heterocycles. The van der Waals surface area contributed by atoms with Crippen molar-refractivity contribution in [3.8, 4) is 0 Å². The van der Waals surface area contributed by atoms with Crippen LogP contribution in [0, 0.1) is 0 Å². The Morgan fingerprint density at radius 3 is 1.88 bits per heavy atom. The average molecular weight is 139 g/mol. The number of halogens is 1. The van der Waals surface area contributed by atoms with E-state index >= 15 is 0 Å². The highest BCUT2D eigenvalue weighted by molar-refractivity contribution is 4.48. The monoisotopic (exact) mass is 138 g/mol. The third-order valence-corrected chi connectivity index (χ3v) is 0.629. The molecule has 0 rings (SSSR count). The Balaban J connectivity index is 0. The molecule has 0 aromatic rings. The minimum Gasteiger partial charge on any atom is -1.00 e. The lowest BCUT2D eigenvalue weighted by Gasteiger charge is -2.10. The van der Waals surface area contributed by atoms with Crippen LogP contribution in [-0.4, -0.2) is 36.8 Å². The smallest absolute Gasteiger partial charge is 0.0638 e. The quantitative estimate of drug-likeness (QED) is 0.438. The molecule has 1 N–H and O–H groups in total. The normalized spacial score (nSPS) is 13.1. The van der Waals surface area contributed by atoms with Crippen LogP contribution in [0.1, 0.15) is 6.92 Å². The summed E-state index contributed by atoms with van der Waals surface area (Å²) >= 11 is 0. The van der Waals surface area contributed by atoms with E-state index in [2.05, 4.69) is 0 Å². The van der Waals surface area contributed by atoms with Crippen LogP contribution in [0.15, 0.2) is 0 Å². The molecule has 0 spiro atoms. The van der Waals surface area contributed by atoms with E-state index in [0.29, 0.717) is 0 Å². The second-order valence-corrected chi connectivity index (χ2v) is 2.11. The molecule has 8 heavy (non-hydrogen) atoms. The first-order chi connectivity index (χ1) is 3.13. The van der Waals surface area contributed by atoms with Crippen molar-refractivity contribution < 1.29 is 17.5 Å². The summed E-state index contributed by atoms with van der Waals surface area (Å²) in [6.45, 7) is 2.53. The Labute approximate surface area is 56.9 Å². The molecule has 0 aliphatic rings. The topological polar surface area (TPSA) is 23.5 Å². The van der Waals surface area contributed by atoms with Crippen LogP contribution in [-0.2, 0) is 0 Å². The highest BCUT2D eigenvalue weighted by Gasteiger charge is 1.93. The Kier molecular flexibility index (Phi) is 7.40. The number of aliphatic hydroxyl groups is 1. The molecule has 0 heterocycles. The van der Waals surface area contributed by atoms with Gasteiger partial charge in [-0.15, -0.1) is 0 Å². The molecule has 0 bridgehead atoms. The van der Waals surface area contributed by atoms with Crippen LogP contribution in [0.4, 0.5) is 0 Å². The van der Waals surface area contributed by atoms with Gasteiger partial charge in [0.15, 0.2) is 0 Å². The molecule has 0 saturated heterocycles. The van der Waals surface area contributed by atoms with Gasteiger partial charge in [-0.1, -0.05) is 0 Å². The highest BCUT2D eigenvalue weighted by Crippen LogP contribution is 1.80. The molecular formula is C5H13ClNO-. The van der Waals surface area contributed by atoms with Crippen LogP contribution >= 0.6 is 0 Å². The summed E-state index contributed by atoms with van der Waals surface area (Å²) in [5.74, 6) is 0. The van der Waals surface area contributed by atoms with Gasteiger partial charge in [0.05, 0.1) is 6.10 Å². The van der Waals surface area contributed by atoms with Gasteiger partial charge in [-0.3, -0.25) is 0 Å². The number of nitrogens with zero attached hydrogens (tertiary/aromatic N) is 1. The average Bonchev–Trinajstić information content (AvgIpc) is 1.27. The van der Waals surface area contributed by atoms with Gasteiger partial charge in [0, 0.05) is 6.54 Å². The lowest BCUT2D eigenvalue weighted by Crippen LogP contribution is -3.00. The van der Waals surface area contributed by atoms with Crippen LogP contribution in [0.2, 0.25) is 0 Å². The van der Waals surface area contributed by atoms with Crippen molar-refractivity contribution >= 4 is 0 Å². The number of aliphatic hydroxyl groups excluding tert-OH is 1. The lowest BCUT2D eigenvalue weighted by molar-refractivity contribution is -0.00000449. The molecule has 0 aromatic heterocycles. The van der Waals surface area contributed by atoms with E-state index in [1.165, 1.54) is 0 Å². The third-order valence-electron chi connectivity index (χ3n) is 0.629. The Morgan fingerprint density at radius 2 is 1.88 bits per heavy atom. The van der Waals surface area contributed by atoms with Crippen molar-refractivity contribution in [2.24, 2.45) is 0 Å². The molecule has 0 amide bonds. The lowest BCUT2D eigenvalue weighted by atomic mass is 10.4. The van der Waals surface area contributed by atoms with Gasteiger partial charge in [0.25, 0.3) is 0 Å². The molecule has 1 unspecified atom stereocenters. The summed E-state index contributed by atoms with van der Waals surface area (Å²) in [5.41, 5.74) is 0. The summed E-state index contributed by atoms with van der Waals surface area (Å²) < 4.78 is 0. The second kappa shape index (κ2) is 5.35. The SMILES string of the molecule is CC(O)CN(C)C.[Cl-]. The van der Waals surface area contributed by atoms with Crippen molar-refractivity contribution in [1.29, 1.82) is 0 Å². The van der Waals surface area contributed by atoms with Gasteiger partial charge in [0.1, 0.15) is 0 Å². The molecule has 0 radical (unpaired) electrons. The summed E-state index contributed by atoms with van der Waals surface area (Å²) in [7, 11) is 3.87. The van der Waals surface area contributed by atoms with Crippen molar-refractivity contribution in [3.05, 3.63) is 0 Å². The van der Waals surface area contributed by atoms with Crippen molar-refractivity contribution in [1.82, 2.24) is 4.90 Å². The summed E-state index contributed by atoms with van der Waals surface area (Å²) in [6, 6.07) is 0. The van der Waals surface area contributed by atoms with Crippen molar-refractivity contribution in [3.63, 3.8) is 0 Å².